The predicted molar refractivity (Wildman–Crippen MR) is 218 cm³/mol. The topological polar surface area (TPSA) is 255 Å². The zero-order valence-corrected chi connectivity index (χ0v) is 35.1. The number of oxime groups is 1. The van der Waals surface area contributed by atoms with Crippen molar-refractivity contribution in [2.75, 3.05) is 25.3 Å². The summed E-state index contributed by atoms with van der Waals surface area (Å²) in [5, 5.41) is 41.1. The van der Waals surface area contributed by atoms with Gasteiger partial charge in [-0.3, -0.25) is 34.5 Å². The van der Waals surface area contributed by atoms with Crippen molar-refractivity contribution in [3.63, 3.8) is 0 Å². The number of ether oxygens (including phenoxy) is 1. The van der Waals surface area contributed by atoms with Gasteiger partial charge in [-0.1, -0.05) is 42.2 Å². The number of rotatable bonds is 12. The lowest BCUT2D eigenvalue weighted by molar-refractivity contribution is -0.392. The molecule has 4 aromatic rings. The van der Waals surface area contributed by atoms with E-state index in [-0.39, 0.29) is 60.5 Å². The summed E-state index contributed by atoms with van der Waals surface area (Å²) in [7, 11) is -0.678. The molecule has 1 aromatic heterocycles. The van der Waals surface area contributed by atoms with Crippen LogP contribution in [-0.4, -0.2) is 76.6 Å². The number of nitrogens with one attached hydrogen (secondary N) is 2. The van der Waals surface area contributed by atoms with Gasteiger partial charge in [-0.25, -0.2) is 13.2 Å². The Morgan fingerprint density at radius 1 is 1.05 bits per heavy atom. The molecule has 0 saturated carbocycles. The molecule has 0 spiro atoms. The van der Waals surface area contributed by atoms with Crippen molar-refractivity contribution in [2.24, 2.45) is 12.2 Å². The number of carbonyl (C=O) groups excluding carboxylic acids is 1. The summed E-state index contributed by atoms with van der Waals surface area (Å²) in [6.45, 7) is 9.11. The Kier molecular flexibility index (Phi) is 15.7. The van der Waals surface area contributed by atoms with Crippen LogP contribution in [0.1, 0.15) is 81.6 Å². The van der Waals surface area contributed by atoms with Crippen molar-refractivity contribution in [2.45, 2.75) is 64.8 Å². The summed E-state index contributed by atoms with van der Waals surface area (Å²) in [6.07, 6.45) is 4.36. The standard InChI is InChI=1S/C16H17N3O5S.C13H19N3O4.C8H6Cl2O3/c1-9-10(15(20)11-8-17-19(2)16(11)21)4-5-13(25(3,22)23)14(9)12-6-7-24-18-12;1-5-10(6-2)14-12-11(15(17)18)7-8(3)9(4)13(12)16(19)20;1-13-7-5(10)3-2-4(9)6(7)8(11)12/h4-5,8,17H,6-7H2,1-3H3;7,10,14H,5-6H2,1-4H3;2-3H,1H3,(H,11,12). The van der Waals surface area contributed by atoms with Crippen molar-refractivity contribution in [3.8, 4) is 5.75 Å². The minimum atomic E-state index is -3.52. The van der Waals surface area contributed by atoms with Crippen LogP contribution in [0.25, 0.3) is 0 Å². The average molecular weight is 866 g/mol. The number of aryl methyl sites for hydroxylation is 2. The Morgan fingerprint density at radius 3 is 2.12 bits per heavy atom. The number of aromatic amines is 1. The van der Waals surface area contributed by atoms with Gasteiger partial charge in [0.05, 0.1) is 37.6 Å². The van der Waals surface area contributed by atoms with Gasteiger partial charge in [0.25, 0.3) is 11.2 Å². The number of hydrogen-bond donors (Lipinski definition) is 3. The number of nitrogens with zero attached hydrogens (tertiary/aromatic N) is 4. The molecule has 3 N–H and O–H groups in total. The van der Waals surface area contributed by atoms with Crippen LogP contribution in [0, 0.1) is 41.0 Å². The first-order chi connectivity index (χ1) is 27.1. The van der Waals surface area contributed by atoms with E-state index in [9.17, 15) is 43.0 Å². The van der Waals surface area contributed by atoms with Gasteiger partial charge in [-0.15, -0.1) is 0 Å². The lowest BCUT2D eigenvalue weighted by Gasteiger charge is -2.17. The van der Waals surface area contributed by atoms with Gasteiger partial charge in [0.1, 0.15) is 17.7 Å². The molecule has 0 atom stereocenters. The van der Waals surface area contributed by atoms with E-state index in [1.165, 1.54) is 55.4 Å². The van der Waals surface area contributed by atoms with Gasteiger partial charge in [0.2, 0.25) is 0 Å². The van der Waals surface area contributed by atoms with Crippen LogP contribution in [0.2, 0.25) is 10.0 Å². The second kappa shape index (κ2) is 19.6. The Bertz CT molecular complexity index is 2460. The lowest BCUT2D eigenvalue weighted by Crippen LogP contribution is -2.21. The molecule has 312 valence electrons. The van der Waals surface area contributed by atoms with E-state index in [1.54, 1.807) is 20.8 Å². The summed E-state index contributed by atoms with van der Waals surface area (Å²) in [5.41, 5.74) is 1.56. The molecule has 1 aliphatic rings. The summed E-state index contributed by atoms with van der Waals surface area (Å²) in [5.74, 6) is -1.55. The van der Waals surface area contributed by atoms with Gasteiger partial charge in [0.15, 0.2) is 27.1 Å². The van der Waals surface area contributed by atoms with Gasteiger partial charge in [0, 0.05) is 54.7 Å². The molecule has 1 aliphatic heterocycles. The molecule has 0 unspecified atom stereocenters. The van der Waals surface area contributed by atoms with Crippen molar-refractivity contribution in [1.82, 2.24) is 9.78 Å². The number of H-pyrrole nitrogens is 1. The zero-order chi connectivity index (χ0) is 43.8. The second-order valence-electron chi connectivity index (χ2n) is 12.9. The second-order valence-corrected chi connectivity index (χ2v) is 15.7. The first-order valence-electron chi connectivity index (χ1n) is 17.4. The summed E-state index contributed by atoms with van der Waals surface area (Å²) < 4.78 is 30.3. The maximum absolute atomic E-state index is 12.8. The normalized spacial score (nSPS) is 12.0. The van der Waals surface area contributed by atoms with Crippen LogP contribution in [0.5, 0.6) is 5.75 Å². The number of carbonyl (C=O) groups is 2. The van der Waals surface area contributed by atoms with Gasteiger partial charge in [-0.05, 0) is 69.0 Å². The number of carboxylic acids is 1. The van der Waals surface area contributed by atoms with Crippen molar-refractivity contribution >= 4 is 67.6 Å². The number of benzene rings is 3. The van der Waals surface area contributed by atoms with Crippen LogP contribution >= 0.6 is 23.2 Å². The number of hydrogen-bond acceptors (Lipinski definition) is 13. The van der Waals surface area contributed by atoms with Crippen molar-refractivity contribution in [3.05, 3.63) is 116 Å². The molecule has 0 bridgehead atoms. The van der Waals surface area contributed by atoms with Crippen LogP contribution in [0.3, 0.4) is 0 Å². The molecular formula is C37H42Cl2N6O12S. The quantitative estimate of drug-likeness (QED) is 0.0724. The van der Waals surface area contributed by atoms with Crippen LogP contribution in [0.4, 0.5) is 17.1 Å². The summed E-state index contributed by atoms with van der Waals surface area (Å²) >= 11 is 11.4. The lowest BCUT2D eigenvalue weighted by atomic mass is 9.93. The number of carboxylic acid groups (broad SMARTS) is 1. The smallest absolute Gasteiger partial charge is 0.341 e. The molecule has 2 heterocycles. The van der Waals surface area contributed by atoms with Crippen LogP contribution in [-0.2, 0) is 21.7 Å². The van der Waals surface area contributed by atoms with E-state index in [2.05, 4.69) is 15.6 Å². The van der Waals surface area contributed by atoms with E-state index in [1.807, 2.05) is 13.8 Å². The molecule has 0 aliphatic carbocycles. The molecule has 58 heavy (non-hydrogen) atoms. The van der Waals surface area contributed by atoms with Gasteiger partial charge < -0.3 is 25.1 Å². The minimum Gasteiger partial charge on any atom is -0.494 e. The molecule has 0 radical (unpaired) electrons. The fourth-order valence-electron chi connectivity index (χ4n) is 5.88. The number of anilines is 1. The Hall–Kier alpha value is -5.79. The van der Waals surface area contributed by atoms with Crippen molar-refractivity contribution in [1.29, 1.82) is 0 Å². The summed E-state index contributed by atoms with van der Waals surface area (Å²) in [4.78, 5) is 61.9. The van der Waals surface area contributed by atoms with E-state index in [4.69, 9.17) is 37.9 Å². The first kappa shape index (κ1) is 46.6. The largest absolute Gasteiger partial charge is 0.494 e. The van der Waals surface area contributed by atoms with E-state index >= 15 is 0 Å². The number of methoxy groups -OCH3 is 1. The highest BCUT2D eigenvalue weighted by Gasteiger charge is 2.31. The fourth-order valence-corrected chi connectivity index (χ4v) is 7.30. The molecule has 18 nitrogen and oxygen atoms in total. The molecule has 0 fully saturated rings. The highest BCUT2D eigenvalue weighted by Crippen LogP contribution is 2.40. The van der Waals surface area contributed by atoms with E-state index in [0.717, 1.165) is 19.1 Å². The molecule has 3 aromatic carbocycles. The predicted octanol–water partition coefficient (Wildman–Crippen LogP) is 7.20. The van der Waals surface area contributed by atoms with Crippen molar-refractivity contribution < 1.29 is 42.5 Å². The highest BCUT2D eigenvalue weighted by atomic mass is 35.5. The van der Waals surface area contributed by atoms with Gasteiger partial charge in [-0.2, -0.15) is 0 Å². The first-order valence-corrected chi connectivity index (χ1v) is 20.0. The third kappa shape index (κ3) is 10.4. The van der Waals surface area contributed by atoms with E-state index in [0.29, 0.717) is 41.0 Å². The number of aromatic carboxylic acids is 1. The molecule has 0 saturated heterocycles. The molecule has 21 heteroatoms. The Balaban J connectivity index is 0.000000245. The average Bonchev–Trinajstić information content (AvgIpc) is 3.81. The Morgan fingerprint density at radius 2 is 1.67 bits per heavy atom. The van der Waals surface area contributed by atoms with Crippen LogP contribution < -0.4 is 15.6 Å². The zero-order valence-electron chi connectivity index (χ0n) is 32.8. The third-order valence-electron chi connectivity index (χ3n) is 9.13. The Labute approximate surface area is 342 Å². The number of nitro benzene ring substituents is 2. The minimum absolute atomic E-state index is 0.00623. The monoisotopic (exact) mass is 864 g/mol. The third-order valence-corrected chi connectivity index (χ3v) is 10.9. The molecule has 5 rings (SSSR count). The van der Waals surface area contributed by atoms with Gasteiger partial charge >= 0.3 is 11.7 Å². The number of nitro groups is 2. The number of sulfone groups is 1. The number of aromatic nitrogens is 2. The summed E-state index contributed by atoms with van der Waals surface area (Å²) in [6, 6.07) is 7.05. The number of ketones is 1. The SMILES string of the molecule is CCC(CC)Nc1c([N+](=O)[O-])cc(C)c(C)c1[N+](=O)[O-].COc1c(Cl)ccc(Cl)c1C(=O)O.Cc1c(C(=O)c2c[nH]n(C)c2=O)ccc(S(C)(=O)=O)c1C1=NOCC1. The molecule has 0 amide bonds. The van der Waals surface area contributed by atoms with Crippen LogP contribution in [0.15, 0.2) is 51.4 Å². The highest BCUT2D eigenvalue weighted by molar-refractivity contribution is 7.90. The maximum Gasteiger partial charge on any atom is 0.341 e. The fraction of sp³-hybridized carbons (Fsp3) is 0.351. The van der Waals surface area contributed by atoms with E-state index < -0.39 is 37.0 Å². The molecular weight excluding hydrogens is 823 g/mol. The maximum atomic E-state index is 12.8. The number of halogens is 2.